The molecule has 3 aromatic rings. The zero-order valence-corrected chi connectivity index (χ0v) is 16.7. The third kappa shape index (κ3) is 3.16. The van der Waals surface area contributed by atoms with Gasteiger partial charge in [-0.05, 0) is 31.9 Å². The molecule has 130 valence electrons. The molecule has 0 unspecified atom stereocenters. The smallest absolute Gasteiger partial charge is 0.202 e. The maximum atomic E-state index is 5.85. The van der Waals surface area contributed by atoms with Crippen LogP contribution in [-0.2, 0) is 13.1 Å². The minimum absolute atomic E-state index is 0. The molecule has 0 atom stereocenters. The van der Waals surface area contributed by atoms with Gasteiger partial charge in [-0.3, -0.25) is 0 Å². The predicted octanol–water partition coefficient (Wildman–Crippen LogP) is 1.61. The molecule has 0 aliphatic carbocycles. The number of fused-ring (bicyclic) bond motifs is 3. The Morgan fingerprint density at radius 2 is 1.83 bits per heavy atom. The van der Waals surface area contributed by atoms with Gasteiger partial charge >= 0.3 is 0 Å². The lowest BCUT2D eigenvalue weighted by Crippen LogP contribution is -3.00. The highest BCUT2D eigenvalue weighted by Gasteiger charge is 2.18. The van der Waals surface area contributed by atoms with Crippen LogP contribution in [-0.4, -0.2) is 11.2 Å². The average Bonchev–Trinajstić information content (AvgIpc) is 2.88. The van der Waals surface area contributed by atoms with Gasteiger partial charge in [-0.25, -0.2) is 4.57 Å². The number of aromatic nitrogens is 2. The molecule has 0 amide bonds. The maximum absolute atomic E-state index is 5.85. The highest BCUT2D eigenvalue weighted by Crippen LogP contribution is 2.32. The summed E-state index contributed by atoms with van der Waals surface area (Å²) in [6.07, 6.45) is 4.36. The minimum Gasteiger partial charge on any atom is -1.00 e. The molecule has 1 aromatic carbocycles. The fraction of sp³-hybridized carbons (Fsp3) is 0.450. The molecular formula is C20H27BrN2O. The van der Waals surface area contributed by atoms with E-state index in [1.807, 2.05) is 0 Å². The van der Waals surface area contributed by atoms with E-state index in [2.05, 4.69) is 67.3 Å². The van der Waals surface area contributed by atoms with Crippen LogP contribution in [0.4, 0.5) is 0 Å². The van der Waals surface area contributed by atoms with Crippen LogP contribution in [0.25, 0.3) is 21.8 Å². The van der Waals surface area contributed by atoms with Crippen molar-refractivity contribution >= 4 is 21.8 Å². The molecule has 0 N–H and O–H groups in total. The first kappa shape index (κ1) is 18.8. The van der Waals surface area contributed by atoms with Crippen LogP contribution in [0, 0.1) is 6.92 Å². The van der Waals surface area contributed by atoms with E-state index in [-0.39, 0.29) is 17.0 Å². The van der Waals surface area contributed by atoms with Crippen molar-refractivity contribution in [1.29, 1.82) is 0 Å². The highest BCUT2D eigenvalue weighted by molar-refractivity contribution is 6.08. The second kappa shape index (κ2) is 8.02. The van der Waals surface area contributed by atoms with Gasteiger partial charge in [-0.2, -0.15) is 0 Å². The normalized spacial score (nSPS) is 11.0. The van der Waals surface area contributed by atoms with Crippen LogP contribution in [0.5, 0.6) is 5.75 Å². The van der Waals surface area contributed by atoms with Crippen molar-refractivity contribution in [2.45, 2.75) is 53.6 Å². The molecule has 4 heteroatoms. The second-order valence-corrected chi connectivity index (χ2v) is 6.13. The van der Waals surface area contributed by atoms with E-state index in [4.69, 9.17) is 4.74 Å². The van der Waals surface area contributed by atoms with Gasteiger partial charge in [0.2, 0.25) is 5.69 Å². The van der Waals surface area contributed by atoms with Gasteiger partial charge in [0.15, 0.2) is 6.20 Å². The summed E-state index contributed by atoms with van der Waals surface area (Å²) in [5, 5.41) is 2.67. The van der Waals surface area contributed by atoms with Gasteiger partial charge in [0.1, 0.15) is 17.8 Å². The fourth-order valence-corrected chi connectivity index (χ4v) is 3.44. The summed E-state index contributed by atoms with van der Waals surface area (Å²) in [6.45, 7) is 11.6. The van der Waals surface area contributed by atoms with E-state index in [1.165, 1.54) is 27.5 Å². The first-order valence-corrected chi connectivity index (χ1v) is 8.79. The molecule has 0 aliphatic rings. The standard InChI is InChI=1S/C20H27N2O.BrH/c1-5-11-22-19-14-16(23-13-6-2)8-9-17(19)18-10-12-21(7-3)15(4)20(18)22;/h8-10,12,14H,5-7,11,13H2,1-4H3;1H/q+1;/p-1. The number of nitrogens with zero attached hydrogens (tertiary/aromatic N) is 2. The molecule has 3 rings (SSSR count). The number of rotatable bonds is 6. The molecule has 0 saturated heterocycles. The monoisotopic (exact) mass is 390 g/mol. The lowest BCUT2D eigenvalue weighted by molar-refractivity contribution is -0.698. The van der Waals surface area contributed by atoms with Crippen molar-refractivity contribution in [3.63, 3.8) is 0 Å². The van der Waals surface area contributed by atoms with Crippen LogP contribution in [0.1, 0.15) is 39.3 Å². The molecular weight excluding hydrogens is 364 g/mol. The van der Waals surface area contributed by atoms with Gasteiger partial charge in [-0.15, -0.1) is 0 Å². The zero-order chi connectivity index (χ0) is 16.4. The molecule has 0 fully saturated rings. The molecule has 2 heterocycles. The molecule has 0 saturated carbocycles. The maximum Gasteiger partial charge on any atom is 0.202 e. The van der Waals surface area contributed by atoms with Gasteiger partial charge < -0.3 is 26.3 Å². The zero-order valence-electron chi connectivity index (χ0n) is 15.1. The Labute approximate surface area is 155 Å². The molecule has 24 heavy (non-hydrogen) atoms. The van der Waals surface area contributed by atoms with E-state index in [1.54, 1.807) is 0 Å². The van der Waals surface area contributed by atoms with Gasteiger partial charge in [-0.1, -0.05) is 13.8 Å². The summed E-state index contributed by atoms with van der Waals surface area (Å²) < 4.78 is 10.6. The molecule has 0 bridgehead atoms. The summed E-state index contributed by atoms with van der Waals surface area (Å²) in [5.74, 6) is 0.973. The second-order valence-electron chi connectivity index (χ2n) is 6.13. The Kier molecular flexibility index (Phi) is 6.27. The van der Waals surface area contributed by atoms with E-state index >= 15 is 0 Å². The number of hydrogen-bond donors (Lipinski definition) is 0. The summed E-state index contributed by atoms with van der Waals surface area (Å²) >= 11 is 0. The Morgan fingerprint density at radius 3 is 2.50 bits per heavy atom. The van der Waals surface area contributed by atoms with Crippen LogP contribution >= 0.6 is 0 Å². The predicted molar refractivity (Wildman–Crippen MR) is 96.1 cm³/mol. The fourth-order valence-electron chi connectivity index (χ4n) is 3.44. The molecule has 0 radical (unpaired) electrons. The molecule has 0 aliphatic heterocycles. The number of hydrogen-bond acceptors (Lipinski definition) is 1. The Morgan fingerprint density at radius 1 is 1.04 bits per heavy atom. The van der Waals surface area contributed by atoms with Crippen molar-refractivity contribution in [3.05, 3.63) is 36.2 Å². The van der Waals surface area contributed by atoms with Gasteiger partial charge in [0, 0.05) is 36.4 Å². The van der Waals surface area contributed by atoms with E-state index in [0.717, 1.165) is 38.3 Å². The summed E-state index contributed by atoms with van der Waals surface area (Å²) in [5.41, 5.74) is 3.98. The lowest BCUT2D eigenvalue weighted by Gasteiger charge is -2.08. The van der Waals surface area contributed by atoms with Crippen molar-refractivity contribution < 1.29 is 26.3 Å². The van der Waals surface area contributed by atoms with Crippen molar-refractivity contribution in [3.8, 4) is 5.75 Å². The quantitative estimate of drug-likeness (QED) is 0.584. The largest absolute Gasteiger partial charge is 1.00 e. The summed E-state index contributed by atoms with van der Waals surface area (Å²) in [4.78, 5) is 0. The first-order valence-electron chi connectivity index (χ1n) is 8.79. The van der Waals surface area contributed by atoms with Crippen molar-refractivity contribution in [1.82, 2.24) is 4.57 Å². The number of benzene rings is 1. The third-order valence-electron chi connectivity index (χ3n) is 4.53. The van der Waals surface area contributed by atoms with Crippen LogP contribution in [0.15, 0.2) is 30.5 Å². The van der Waals surface area contributed by atoms with Crippen molar-refractivity contribution in [2.24, 2.45) is 0 Å². The lowest BCUT2D eigenvalue weighted by atomic mass is 10.1. The van der Waals surface area contributed by atoms with E-state index in [0.29, 0.717) is 0 Å². The van der Waals surface area contributed by atoms with E-state index < -0.39 is 0 Å². The number of pyridine rings is 1. The highest BCUT2D eigenvalue weighted by atomic mass is 79.9. The van der Waals surface area contributed by atoms with Gasteiger partial charge in [0.05, 0.1) is 12.1 Å². The Hall–Kier alpha value is -1.55. The average molecular weight is 391 g/mol. The SMILES string of the molecule is CCCOc1ccc2c3cc[n+](CC)c(C)c3n(CCC)c2c1.[Br-]. The van der Waals surface area contributed by atoms with Gasteiger partial charge in [0.25, 0.3) is 0 Å². The number of halogens is 1. The topological polar surface area (TPSA) is 18.0 Å². The minimum atomic E-state index is 0. The summed E-state index contributed by atoms with van der Waals surface area (Å²) in [7, 11) is 0. The molecule has 0 spiro atoms. The van der Waals surface area contributed by atoms with Crippen LogP contribution in [0.3, 0.4) is 0 Å². The Bertz CT molecular complexity index is 839. The molecule has 3 nitrogen and oxygen atoms in total. The third-order valence-corrected chi connectivity index (χ3v) is 4.53. The van der Waals surface area contributed by atoms with Crippen LogP contribution < -0.4 is 26.3 Å². The first-order chi connectivity index (χ1) is 11.2. The van der Waals surface area contributed by atoms with Crippen molar-refractivity contribution in [2.75, 3.05) is 6.61 Å². The number of aryl methyl sites for hydroxylation is 3. The number of ether oxygens (including phenoxy) is 1. The Balaban J connectivity index is 0.00000208. The molecule has 2 aromatic heterocycles. The van der Waals surface area contributed by atoms with Crippen LogP contribution in [0.2, 0.25) is 0 Å². The summed E-state index contributed by atoms with van der Waals surface area (Å²) in [6, 6.07) is 8.78. The van der Waals surface area contributed by atoms with E-state index in [9.17, 15) is 0 Å².